The van der Waals surface area contributed by atoms with E-state index in [1.807, 2.05) is 0 Å². The van der Waals surface area contributed by atoms with Gasteiger partial charge in [-0.2, -0.15) is 0 Å². The van der Waals surface area contributed by atoms with Gasteiger partial charge in [0.15, 0.2) is 0 Å². The highest BCUT2D eigenvalue weighted by atomic mass is 16.4. The summed E-state index contributed by atoms with van der Waals surface area (Å²) in [5.41, 5.74) is 16.3. The molecular weight excluding hydrogens is 206 g/mol. The number of carboxylic acids is 1. The fraction of sp³-hybridized carbons (Fsp3) is 0.909. The van der Waals surface area contributed by atoms with Crippen LogP contribution in [0.5, 0.6) is 0 Å². The maximum absolute atomic E-state index is 9.93. The Hall–Kier alpha value is -0.650. The third kappa shape index (κ3) is 9.89. The lowest BCUT2D eigenvalue weighted by Crippen LogP contribution is -2.20. The zero-order chi connectivity index (χ0) is 12.4. The molecule has 16 heavy (non-hydrogen) atoms. The van der Waals surface area contributed by atoms with Crippen LogP contribution in [0.3, 0.4) is 0 Å². The maximum Gasteiger partial charge on any atom is 0.303 e. The fourth-order valence-electron chi connectivity index (χ4n) is 1.65. The summed E-state index contributed by atoms with van der Waals surface area (Å²) in [5.74, 6) is -0.716. The van der Waals surface area contributed by atoms with Gasteiger partial charge in [-0.25, -0.2) is 0 Å². The van der Waals surface area contributed by atoms with Crippen LogP contribution >= 0.6 is 0 Å². The lowest BCUT2D eigenvalue weighted by atomic mass is 10.2. The number of unbranched alkanes of at least 4 members (excludes halogenated alkanes) is 2. The third-order valence-electron chi connectivity index (χ3n) is 2.61. The summed E-state index contributed by atoms with van der Waals surface area (Å²) in [6, 6.07) is 0.796. The van der Waals surface area contributed by atoms with Crippen LogP contribution in [-0.2, 0) is 4.79 Å². The number of aliphatic carboxylic acids is 1. The Balaban J connectivity index is 0.000000288. The average Bonchev–Trinajstić information content (AvgIpc) is 2.58. The highest BCUT2D eigenvalue weighted by Crippen LogP contribution is 2.13. The normalized spacial score (nSPS) is 23.7. The van der Waals surface area contributed by atoms with Crippen LogP contribution in [0, 0.1) is 0 Å². The highest BCUT2D eigenvalue weighted by Gasteiger charge is 2.16. The summed E-state index contributed by atoms with van der Waals surface area (Å²) in [6.07, 6.45) is 6.19. The van der Waals surface area contributed by atoms with E-state index in [1.54, 1.807) is 0 Å². The van der Waals surface area contributed by atoms with Crippen molar-refractivity contribution in [3.8, 4) is 0 Å². The Morgan fingerprint density at radius 3 is 2.00 bits per heavy atom. The zero-order valence-corrected chi connectivity index (χ0v) is 9.90. The highest BCUT2D eigenvalue weighted by molar-refractivity contribution is 5.66. The Bertz CT molecular complexity index is 180. The van der Waals surface area contributed by atoms with Crippen molar-refractivity contribution in [1.29, 1.82) is 0 Å². The van der Waals surface area contributed by atoms with Crippen molar-refractivity contribution in [2.75, 3.05) is 6.54 Å². The maximum atomic E-state index is 9.93. The largest absolute Gasteiger partial charge is 0.481 e. The van der Waals surface area contributed by atoms with Gasteiger partial charge >= 0.3 is 5.97 Å². The first kappa shape index (κ1) is 15.3. The van der Waals surface area contributed by atoms with E-state index < -0.39 is 5.97 Å². The van der Waals surface area contributed by atoms with Gasteiger partial charge < -0.3 is 22.3 Å². The van der Waals surface area contributed by atoms with Gasteiger partial charge in [-0.1, -0.05) is 6.42 Å². The summed E-state index contributed by atoms with van der Waals surface area (Å²) in [7, 11) is 0. The van der Waals surface area contributed by atoms with Gasteiger partial charge in [-0.15, -0.1) is 0 Å². The van der Waals surface area contributed by atoms with E-state index in [0.717, 1.165) is 38.5 Å². The molecule has 0 heterocycles. The molecule has 5 nitrogen and oxygen atoms in total. The van der Waals surface area contributed by atoms with Crippen molar-refractivity contribution < 1.29 is 9.90 Å². The molecule has 0 unspecified atom stereocenters. The van der Waals surface area contributed by atoms with Gasteiger partial charge in [0.25, 0.3) is 0 Å². The molecule has 0 aromatic carbocycles. The first-order valence-electron chi connectivity index (χ1n) is 5.99. The fourth-order valence-corrected chi connectivity index (χ4v) is 1.65. The predicted molar refractivity (Wildman–Crippen MR) is 65.0 cm³/mol. The standard InChI is InChI=1S/C6H13NO2.C5H12N2/c7-5-3-1-2-4-6(8)9;6-4-1-2-5(7)3-4/h1-5,7H2,(H,8,9);4-5H,1-3,6-7H2/t;4-,5+. The Morgan fingerprint density at radius 1 is 1.12 bits per heavy atom. The van der Waals surface area contributed by atoms with Gasteiger partial charge in [0.1, 0.15) is 0 Å². The van der Waals surface area contributed by atoms with Gasteiger partial charge in [-0.05, 0) is 38.6 Å². The van der Waals surface area contributed by atoms with Crippen LogP contribution in [0.4, 0.5) is 0 Å². The minimum absolute atomic E-state index is 0.278. The van der Waals surface area contributed by atoms with Crippen molar-refractivity contribution in [1.82, 2.24) is 0 Å². The van der Waals surface area contributed by atoms with E-state index in [9.17, 15) is 4.79 Å². The molecule has 0 bridgehead atoms. The summed E-state index contributed by atoms with van der Waals surface area (Å²) in [6.45, 7) is 0.666. The van der Waals surface area contributed by atoms with Crippen molar-refractivity contribution in [3.63, 3.8) is 0 Å². The molecule has 0 amide bonds. The van der Waals surface area contributed by atoms with Crippen LogP contribution < -0.4 is 17.2 Å². The molecular formula is C11H25N3O2. The van der Waals surface area contributed by atoms with E-state index in [4.69, 9.17) is 22.3 Å². The second-order valence-electron chi connectivity index (χ2n) is 4.33. The number of hydrogen-bond donors (Lipinski definition) is 4. The topological polar surface area (TPSA) is 115 Å². The summed E-state index contributed by atoms with van der Waals surface area (Å²) in [4.78, 5) is 9.93. The smallest absolute Gasteiger partial charge is 0.303 e. The summed E-state index contributed by atoms with van der Waals surface area (Å²) < 4.78 is 0. The second kappa shape index (κ2) is 9.57. The molecule has 1 fully saturated rings. The molecule has 0 radical (unpaired) electrons. The van der Waals surface area contributed by atoms with E-state index >= 15 is 0 Å². The molecule has 1 rings (SSSR count). The Morgan fingerprint density at radius 2 is 1.69 bits per heavy atom. The zero-order valence-electron chi connectivity index (χ0n) is 9.90. The number of hydrogen-bond acceptors (Lipinski definition) is 4. The lowest BCUT2D eigenvalue weighted by molar-refractivity contribution is -0.137. The van der Waals surface area contributed by atoms with Crippen molar-refractivity contribution in [2.24, 2.45) is 17.2 Å². The van der Waals surface area contributed by atoms with Gasteiger partial charge in [0.05, 0.1) is 0 Å². The van der Waals surface area contributed by atoms with Crippen LogP contribution in [0.2, 0.25) is 0 Å². The quantitative estimate of drug-likeness (QED) is 0.512. The lowest BCUT2D eigenvalue weighted by Gasteiger charge is -1.97. The van der Waals surface area contributed by atoms with E-state index in [-0.39, 0.29) is 6.42 Å². The number of nitrogens with two attached hydrogens (primary N) is 3. The van der Waals surface area contributed by atoms with E-state index in [1.165, 1.54) is 0 Å². The molecule has 2 atom stereocenters. The van der Waals surface area contributed by atoms with E-state index in [0.29, 0.717) is 18.6 Å². The molecule has 1 saturated carbocycles. The molecule has 0 aromatic rings. The molecule has 7 N–H and O–H groups in total. The number of carboxylic acid groups (broad SMARTS) is 1. The molecule has 5 heteroatoms. The van der Waals surface area contributed by atoms with Crippen molar-refractivity contribution >= 4 is 5.97 Å². The van der Waals surface area contributed by atoms with Crippen molar-refractivity contribution in [3.05, 3.63) is 0 Å². The van der Waals surface area contributed by atoms with Gasteiger partial charge in [0, 0.05) is 18.5 Å². The predicted octanol–water partition coefficient (Wildman–Crippen LogP) is 0.415. The molecule has 0 aromatic heterocycles. The first-order valence-corrected chi connectivity index (χ1v) is 5.99. The van der Waals surface area contributed by atoms with Crippen LogP contribution in [0.15, 0.2) is 0 Å². The molecule has 0 saturated heterocycles. The SMILES string of the molecule is NCCCCCC(=O)O.N[C@@H]1CC[C@H](N)C1. The summed E-state index contributed by atoms with van der Waals surface area (Å²) >= 11 is 0. The first-order chi connectivity index (χ1) is 7.56. The second-order valence-corrected chi connectivity index (χ2v) is 4.33. The monoisotopic (exact) mass is 231 g/mol. The molecule has 0 aliphatic heterocycles. The molecule has 1 aliphatic carbocycles. The minimum Gasteiger partial charge on any atom is -0.481 e. The van der Waals surface area contributed by atoms with Crippen LogP contribution in [0.25, 0.3) is 0 Å². The van der Waals surface area contributed by atoms with Crippen LogP contribution in [0.1, 0.15) is 44.9 Å². The van der Waals surface area contributed by atoms with Gasteiger partial charge in [0.2, 0.25) is 0 Å². The molecule has 1 aliphatic rings. The third-order valence-corrected chi connectivity index (χ3v) is 2.61. The minimum atomic E-state index is -0.716. The van der Waals surface area contributed by atoms with E-state index in [2.05, 4.69) is 0 Å². The Labute approximate surface area is 97.4 Å². The molecule has 0 spiro atoms. The summed E-state index contributed by atoms with van der Waals surface area (Å²) in [5, 5.41) is 8.18. The number of carbonyl (C=O) groups is 1. The van der Waals surface area contributed by atoms with Crippen molar-refractivity contribution in [2.45, 2.75) is 57.0 Å². The number of rotatable bonds is 5. The van der Waals surface area contributed by atoms with Gasteiger partial charge in [-0.3, -0.25) is 4.79 Å². The Kier molecular flexibility index (Phi) is 9.18. The van der Waals surface area contributed by atoms with Crippen LogP contribution in [-0.4, -0.2) is 29.7 Å². The average molecular weight is 231 g/mol. The molecule has 96 valence electrons.